The lowest BCUT2D eigenvalue weighted by atomic mass is 10.1. The van der Waals surface area contributed by atoms with E-state index in [-0.39, 0.29) is 35.0 Å². The maximum absolute atomic E-state index is 13.7. The lowest BCUT2D eigenvalue weighted by Crippen LogP contribution is -2.49. The van der Waals surface area contributed by atoms with Crippen LogP contribution in [0.5, 0.6) is 0 Å². The summed E-state index contributed by atoms with van der Waals surface area (Å²) >= 11 is 0. The van der Waals surface area contributed by atoms with Crippen LogP contribution in [0.1, 0.15) is 32.3 Å². The first-order valence-corrected chi connectivity index (χ1v) is 10.8. The third-order valence-corrected chi connectivity index (χ3v) is 7.06. The number of esters is 2. The Kier molecular flexibility index (Phi) is 8.19. The predicted octanol–water partition coefficient (Wildman–Crippen LogP) is 2.36. The van der Waals surface area contributed by atoms with Gasteiger partial charge in [0.2, 0.25) is 10.0 Å². The molecule has 10 heteroatoms. The minimum atomic E-state index is -4.13. The monoisotopic (exact) mass is 468 g/mol. The first-order chi connectivity index (χ1) is 14.3. The van der Waals surface area contributed by atoms with Crippen molar-refractivity contribution in [3.8, 4) is 0 Å². The van der Waals surface area contributed by atoms with Gasteiger partial charge in [-0.25, -0.2) is 18.0 Å². The van der Waals surface area contributed by atoms with Crippen LogP contribution in [0.25, 0.3) is 0 Å². The topological polar surface area (TPSA) is 93.2 Å². The molecule has 0 aromatic heterocycles. The maximum atomic E-state index is 13.7. The number of piperazine rings is 1. The van der Waals surface area contributed by atoms with E-state index in [4.69, 9.17) is 9.47 Å². The average molecular weight is 469 g/mol. The van der Waals surface area contributed by atoms with Gasteiger partial charge in [-0.05, 0) is 30.8 Å². The number of benzene rings is 2. The van der Waals surface area contributed by atoms with Crippen molar-refractivity contribution < 1.29 is 27.5 Å². The Morgan fingerprint density at radius 2 is 1.61 bits per heavy atom. The second-order valence-electron chi connectivity index (χ2n) is 7.00. The van der Waals surface area contributed by atoms with E-state index >= 15 is 0 Å². The molecule has 1 aliphatic rings. The number of halogens is 1. The van der Waals surface area contributed by atoms with Crippen LogP contribution < -0.4 is 0 Å². The molecule has 1 fully saturated rings. The van der Waals surface area contributed by atoms with Crippen LogP contribution in [0, 0.1) is 0 Å². The van der Waals surface area contributed by atoms with Crippen LogP contribution in [-0.4, -0.2) is 70.5 Å². The third-order valence-electron chi connectivity index (χ3n) is 5.11. The molecular weight excluding hydrogens is 444 g/mol. The van der Waals surface area contributed by atoms with Gasteiger partial charge in [-0.2, -0.15) is 4.31 Å². The minimum absolute atomic E-state index is 0. The number of carbonyl (C=O) groups excluding carboxylic acids is 2. The Labute approximate surface area is 188 Å². The molecule has 2 aromatic rings. The molecule has 1 heterocycles. The lowest BCUT2D eigenvalue weighted by Gasteiger charge is -2.39. The summed E-state index contributed by atoms with van der Waals surface area (Å²) in [6.07, 6.45) is 0. The molecule has 168 valence electrons. The molecule has 0 spiro atoms. The van der Waals surface area contributed by atoms with Crippen molar-refractivity contribution >= 4 is 34.4 Å². The first kappa shape index (κ1) is 24.8. The van der Waals surface area contributed by atoms with Gasteiger partial charge >= 0.3 is 11.9 Å². The molecule has 0 aliphatic carbocycles. The third kappa shape index (κ3) is 5.07. The summed E-state index contributed by atoms with van der Waals surface area (Å²) in [5.74, 6) is -1.49. The Hall–Kier alpha value is -2.46. The SMILES string of the molecule is COC(=O)c1ccc(C(=O)OC)c(S(=O)(=O)N2CCN(C)CC2c2ccccc2)c1.Cl. The maximum Gasteiger partial charge on any atom is 0.339 e. The highest BCUT2D eigenvalue weighted by Crippen LogP contribution is 2.32. The Morgan fingerprint density at radius 1 is 0.968 bits per heavy atom. The number of hydrogen-bond donors (Lipinski definition) is 0. The zero-order valence-electron chi connectivity index (χ0n) is 17.5. The Morgan fingerprint density at radius 3 is 2.23 bits per heavy atom. The summed E-state index contributed by atoms with van der Waals surface area (Å²) in [5, 5.41) is 0. The molecule has 3 rings (SSSR count). The molecule has 0 N–H and O–H groups in total. The standard InChI is InChI=1S/C21H24N2O6S.ClH/c1-22-11-12-23(18(14-22)15-7-5-4-6-8-15)30(26,27)19-13-16(20(24)28-2)9-10-17(19)21(25)29-3;/h4-10,13,18H,11-12,14H2,1-3H3;1H. The summed E-state index contributed by atoms with van der Waals surface area (Å²) in [6, 6.07) is 12.7. The van der Waals surface area contributed by atoms with Gasteiger partial charge in [-0.15, -0.1) is 12.4 Å². The molecule has 8 nitrogen and oxygen atoms in total. The van der Waals surface area contributed by atoms with Crippen molar-refractivity contribution in [1.82, 2.24) is 9.21 Å². The Balaban J connectivity index is 0.00000341. The summed E-state index contributed by atoms with van der Waals surface area (Å²) in [5.41, 5.74) is 0.751. The normalized spacial score (nSPS) is 17.5. The van der Waals surface area contributed by atoms with E-state index in [2.05, 4.69) is 4.90 Å². The molecule has 2 aromatic carbocycles. The fraction of sp³-hybridized carbons (Fsp3) is 0.333. The van der Waals surface area contributed by atoms with Crippen LogP contribution in [0.4, 0.5) is 0 Å². The number of carbonyl (C=O) groups is 2. The summed E-state index contributed by atoms with van der Waals surface area (Å²) in [4.78, 5) is 26.1. The number of methoxy groups -OCH3 is 2. The highest BCUT2D eigenvalue weighted by molar-refractivity contribution is 7.89. The smallest absolute Gasteiger partial charge is 0.339 e. The van der Waals surface area contributed by atoms with Crippen molar-refractivity contribution in [2.75, 3.05) is 40.9 Å². The fourth-order valence-electron chi connectivity index (χ4n) is 3.52. The van der Waals surface area contributed by atoms with Gasteiger partial charge in [0, 0.05) is 19.6 Å². The van der Waals surface area contributed by atoms with Crippen molar-refractivity contribution in [3.63, 3.8) is 0 Å². The van der Waals surface area contributed by atoms with Gasteiger partial charge in [0.25, 0.3) is 0 Å². The number of hydrogen-bond acceptors (Lipinski definition) is 7. The molecule has 1 aliphatic heterocycles. The fourth-order valence-corrected chi connectivity index (χ4v) is 5.33. The molecule has 0 amide bonds. The second-order valence-corrected chi connectivity index (χ2v) is 8.86. The van der Waals surface area contributed by atoms with Crippen LogP contribution >= 0.6 is 12.4 Å². The van der Waals surface area contributed by atoms with Crippen LogP contribution in [0.2, 0.25) is 0 Å². The highest BCUT2D eigenvalue weighted by atomic mass is 35.5. The van der Waals surface area contributed by atoms with E-state index in [1.54, 1.807) is 0 Å². The van der Waals surface area contributed by atoms with E-state index in [0.717, 1.165) is 5.56 Å². The molecule has 1 saturated heterocycles. The van der Waals surface area contributed by atoms with Crippen LogP contribution in [0.15, 0.2) is 53.4 Å². The quantitative estimate of drug-likeness (QED) is 0.622. The number of nitrogens with zero attached hydrogens (tertiary/aromatic N) is 2. The average Bonchev–Trinajstić information content (AvgIpc) is 2.77. The highest BCUT2D eigenvalue weighted by Gasteiger charge is 2.38. The van der Waals surface area contributed by atoms with E-state index in [1.165, 1.54) is 36.7 Å². The van der Waals surface area contributed by atoms with Crippen molar-refractivity contribution in [2.24, 2.45) is 0 Å². The molecular formula is C21H25ClN2O6S. The predicted molar refractivity (Wildman–Crippen MR) is 117 cm³/mol. The zero-order valence-corrected chi connectivity index (χ0v) is 19.1. The second kappa shape index (κ2) is 10.2. The summed E-state index contributed by atoms with van der Waals surface area (Å²) in [6.45, 7) is 1.27. The lowest BCUT2D eigenvalue weighted by molar-refractivity contribution is 0.0583. The largest absolute Gasteiger partial charge is 0.465 e. The van der Waals surface area contributed by atoms with Crippen LogP contribution in [0.3, 0.4) is 0 Å². The van der Waals surface area contributed by atoms with Gasteiger partial charge in [-0.3, -0.25) is 0 Å². The van der Waals surface area contributed by atoms with Gasteiger partial charge < -0.3 is 14.4 Å². The number of sulfonamides is 1. The van der Waals surface area contributed by atoms with Crippen LogP contribution in [-0.2, 0) is 19.5 Å². The van der Waals surface area contributed by atoms with Crippen molar-refractivity contribution in [3.05, 3.63) is 65.2 Å². The molecule has 31 heavy (non-hydrogen) atoms. The van der Waals surface area contributed by atoms with E-state index in [0.29, 0.717) is 13.1 Å². The van der Waals surface area contributed by atoms with Gasteiger partial charge in [0.15, 0.2) is 0 Å². The molecule has 0 bridgehead atoms. The zero-order chi connectivity index (χ0) is 21.9. The summed E-state index contributed by atoms with van der Waals surface area (Å²) < 4.78 is 38.3. The minimum Gasteiger partial charge on any atom is -0.465 e. The number of ether oxygens (including phenoxy) is 2. The van der Waals surface area contributed by atoms with Gasteiger partial charge in [0.05, 0.1) is 36.3 Å². The van der Waals surface area contributed by atoms with Gasteiger partial charge in [0.1, 0.15) is 0 Å². The first-order valence-electron chi connectivity index (χ1n) is 9.35. The van der Waals surface area contributed by atoms with Crippen molar-refractivity contribution in [2.45, 2.75) is 10.9 Å². The number of likely N-dealkylation sites (N-methyl/N-ethyl adjacent to an activating group) is 1. The van der Waals surface area contributed by atoms with E-state index in [9.17, 15) is 18.0 Å². The van der Waals surface area contributed by atoms with Crippen molar-refractivity contribution in [1.29, 1.82) is 0 Å². The molecule has 0 saturated carbocycles. The van der Waals surface area contributed by atoms with E-state index in [1.807, 2.05) is 37.4 Å². The molecule has 1 unspecified atom stereocenters. The summed E-state index contributed by atoms with van der Waals surface area (Å²) in [7, 11) is 0.175. The molecule has 0 radical (unpaired) electrons. The van der Waals surface area contributed by atoms with E-state index < -0.39 is 28.0 Å². The number of rotatable bonds is 5. The Bertz CT molecular complexity index is 1050. The molecule has 1 atom stereocenters. The van der Waals surface area contributed by atoms with Gasteiger partial charge in [-0.1, -0.05) is 30.3 Å².